The zero-order chi connectivity index (χ0) is 14.7. The number of carbonyl (C=O) groups is 3. The molecule has 0 aromatic rings. The van der Waals surface area contributed by atoms with Crippen LogP contribution in [0, 0.1) is 0 Å². The van der Waals surface area contributed by atoms with E-state index in [1.54, 1.807) is 0 Å². The molecule has 2 amide bonds. The normalized spacial score (nSPS) is 17.7. The first-order valence-electron chi connectivity index (χ1n) is 6.42. The summed E-state index contributed by atoms with van der Waals surface area (Å²) in [7, 11) is 0. The molecule has 0 aromatic carbocycles. The van der Waals surface area contributed by atoms with Gasteiger partial charge in [-0.3, -0.25) is 19.3 Å². The number of nitrogens with zero attached hydrogens (tertiary/aromatic N) is 1. The average molecular weight is 275 g/mol. The van der Waals surface area contributed by atoms with E-state index in [0.29, 0.717) is 0 Å². The van der Waals surface area contributed by atoms with Crippen LogP contribution in [0.2, 0.25) is 0 Å². The van der Waals surface area contributed by atoms with Crippen molar-refractivity contribution < 1.29 is 14.4 Å². The Morgan fingerprint density at radius 1 is 1.28 bits per heavy atom. The van der Waals surface area contributed by atoms with Crippen molar-refractivity contribution in [3.63, 3.8) is 0 Å². The maximum absolute atomic E-state index is 11.5. The second-order valence-electron chi connectivity index (χ2n) is 3.26. The van der Waals surface area contributed by atoms with Gasteiger partial charge >= 0.3 is 0 Å². The molecule has 1 aliphatic rings. The van der Waals surface area contributed by atoms with Gasteiger partial charge in [0.25, 0.3) is 0 Å². The Balaban J connectivity index is 0. The van der Waals surface area contributed by atoms with Crippen LogP contribution in [0.3, 0.4) is 0 Å². The van der Waals surface area contributed by atoms with E-state index in [2.05, 4.69) is 0 Å². The summed E-state index contributed by atoms with van der Waals surface area (Å²) < 4.78 is 0. The van der Waals surface area contributed by atoms with Gasteiger partial charge in [0.1, 0.15) is 5.78 Å². The molecule has 1 unspecified atom stereocenters. The molecule has 1 rings (SSSR count). The summed E-state index contributed by atoms with van der Waals surface area (Å²) in [4.78, 5) is 34.8. The molecule has 1 heterocycles. The van der Waals surface area contributed by atoms with Gasteiger partial charge < -0.3 is 0 Å². The highest BCUT2D eigenvalue weighted by molar-refractivity contribution is 8.00. The van der Waals surface area contributed by atoms with Gasteiger partial charge in [-0.2, -0.15) is 11.8 Å². The highest BCUT2D eigenvalue weighted by Crippen LogP contribution is 2.22. The monoisotopic (exact) mass is 275 g/mol. The molecule has 0 spiro atoms. The van der Waals surface area contributed by atoms with Crippen LogP contribution in [-0.2, 0) is 14.4 Å². The van der Waals surface area contributed by atoms with Crippen molar-refractivity contribution in [2.24, 2.45) is 0 Å². The van der Waals surface area contributed by atoms with Crippen LogP contribution in [0.1, 0.15) is 47.5 Å². The Labute approximate surface area is 114 Å². The predicted octanol–water partition coefficient (Wildman–Crippen LogP) is 2.51. The molecule has 0 aromatic heterocycles. The molecular formula is C13H25NO3S. The minimum Gasteiger partial charge on any atom is -0.300 e. The molecule has 1 atom stereocenters. The fourth-order valence-electron chi connectivity index (χ4n) is 1.34. The Hall–Kier alpha value is -0.840. The zero-order valence-corrected chi connectivity index (χ0v) is 13.1. The second-order valence-corrected chi connectivity index (χ2v) is 4.30. The Morgan fingerprint density at radius 2 is 1.78 bits per heavy atom. The molecule has 1 fully saturated rings. The molecule has 4 nitrogen and oxygen atoms in total. The van der Waals surface area contributed by atoms with Crippen LogP contribution >= 0.6 is 11.8 Å². The summed E-state index contributed by atoms with van der Waals surface area (Å²) in [5.41, 5.74) is 0. The smallest absolute Gasteiger partial charge is 0.242 e. The molecule has 1 aliphatic heterocycles. The lowest BCUT2D eigenvalue weighted by molar-refractivity contribution is -0.138. The first-order valence-corrected chi connectivity index (χ1v) is 7.71. The molecule has 0 radical (unpaired) electrons. The van der Waals surface area contributed by atoms with Crippen molar-refractivity contribution >= 4 is 29.4 Å². The van der Waals surface area contributed by atoms with Crippen LogP contribution in [0.25, 0.3) is 0 Å². The van der Waals surface area contributed by atoms with Gasteiger partial charge in [0, 0.05) is 19.4 Å². The summed E-state index contributed by atoms with van der Waals surface area (Å²) in [5, 5.41) is -0.241. The van der Waals surface area contributed by atoms with E-state index in [1.165, 1.54) is 23.6 Å². The Bertz CT molecular complexity index is 279. The van der Waals surface area contributed by atoms with Gasteiger partial charge in [0.05, 0.1) is 5.25 Å². The number of Topliss-reactive ketones (excluding diaryl/α,β-unsaturated/α-hetero) is 1. The van der Waals surface area contributed by atoms with Crippen molar-refractivity contribution in [2.75, 3.05) is 12.8 Å². The minimum absolute atomic E-state index is 0.00167. The summed E-state index contributed by atoms with van der Waals surface area (Å²) >= 11 is 1.39. The number of hydrogen-bond acceptors (Lipinski definition) is 4. The fourth-order valence-corrected chi connectivity index (χ4v) is 1.98. The number of amides is 2. The highest BCUT2D eigenvalue weighted by atomic mass is 32.2. The number of hydrogen-bond donors (Lipinski definition) is 0. The van der Waals surface area contributed by atoms with Crippen LogP contribution in [0.15, 0.2) is 0 Å². The van der Waals surface area contributed by atoms with Crippen LogP contribution in [-0.4, -0.2) is 40.5 Å². The zero-order valence-electron chi connectivity index (χ0n) is 12.3. The van der Waals surface area contributed by atoms with Gasteiger partial charge in [-0.15, -0.1) is 0 Å². The van der Waals surface area contributed by atoms with Crippen molar-refractivity contribution in [3.8, 4) is 0 Å². The van der Waals surface area contributed by atoms with Gasteiger partial charge in [-0.05, 0) is 13.2 Å². The standard InChI is InChI=1S/C9H13NO3S.2C2H6/c1-6(11)3-4-10-8(12)5-7(14-2)9(10)13;2*1-2/h7H,3-5H2,1-2H3;2*1-2H3. The van der Waals surface area contributed by atoms with Gasteiger partial charge in [-0.1, -0.05) is 27.7 Å². The van der Waals surface area contributed by atoms with E-state index in [0.717, 1.165) is 0 Å². The molecule has 5 heteroatoms. The minimum atomic E-state index is -0.241. The van der Waals surface area contributed by atoms with E-state index in [-0.39, 0.29) is 42.2 Å². The van der Waals surface area contributed by atoms with Crippen molar-refractivity contribution in [2.45, 2.75) is 52.7 Å². The molecule has 0 N–H and O–H groups in total. The summed E-state index contributed by atoms with van der Waals surface area (Å²) in [5.74, 6) is -0.308. The number of thioether (sulfide) groups is 1. The molecule has 1 saturated heterocycles. The average Bonchev–Trinajstić information content (AvgIpc) is 2.66. The maximum atomic E-state index is 11.5. The fraction of sp³-hybridized carbons (Fsp3) is 0.769. The molecule has 18 heavy (non-hydrogen) atoms. The first-order chi connectivity index (χ1) is 8.56. The Morgan fingerprint density at radius 3 is 2.11 bits per heavy atom. The van der Waals surface area contributed by atoms with Gasteiger partial charge in [0.2, 0.25) is 11.8 Å². The molecule has 0 saturated carbocycles. The number of ketones is 1. The van der Waals surface area contributed by atoms with Gasteiger partial charge in [0.15, 0.2) is 0 Å². The van der Waals surface area contributed by atoms with Crippen LogP contribution in [0.4, 0.5) is 0 Å². The molecular weight excluding hydrogens is 250 g/mol. The predicted molar refractivity (Wildman–Crippen MR) is 76.6 cm³/mol. The summed E-state index contributed by atoms with van der Waals surface area (Å²) in [6.07, 6.45) is 2.35. The maximum Gasteiger partial charge on any atom is 0.242 e. The van der Waals surface area contributed by atoms with Crippen molar-refractivity contribution in [3.05, 3.63) is 0 Å². The molecule has 0 bridgehead atoms. The second kappa shape index (κ2) is 11.3. The van der Waals surface area contributed by atoms with E-state index in [9.17, 15) is 14.4 Å². The van der Waals surface area contributed by atoms with Crippen LogP contribution < -0.4 is 0 Å². The van der Waals surface area contributed by atoms with Crippen molar-refractivity contribution in [1.82, 2.24) is 4.90 Å². The Kier molecular flexibility index (Phi) is 12.2. The number of likely N-dealkylation sites (tertiary alicyclic amines) is 1. The molecule has 0 aliphatic carbocycles. The largest absolute Gasteiger partial charge is 0.300 e. The lowest BCUT2D eigenvalue weighted by Gasteiger charge is -2.12. The SMILES string of the molecule is CC.CC.CSC1CC(=O)N(CCC(C)=O)C1=O. The van der Waals surface area contributed by atoms with E-state index >= 15 is 0 Å². The van der Waals surface area contributed by atoms with E-state index < -0.39 is 0 Å². The van der Waals surface area contributed by atoms with Crippen molar-refractivity contribution in [1.29, 1.82) is 0 Å². The summed E-state index contributed by atoms with van der Waals surface area (Å²) in [6, 6.07) is 0. The topological polar surface area (TPSA) is 54.5 Å². The number of carbonyl (C=O) groups excluding carboxylic acids is 3. The highest BCUT2D eigenvalue weighted by Gasteiger charge is 2.37. The third kappa shape index (κ3) is 6.19. The molecule has 106 valence electrons. The van der Waals surface area contributed by atoms with E-state index in [4.69, 9.17) is 0 Å². The lowest BCUT2D eigenvalue weighted by atomic mass is 10.3. The van der Waals surface area contributed by atoms with Gasteiger partial charge in [-0.25, -0.2) is 0 Å². The van der Waals surface area contributed by atoms with Crippen LogP contribution in [0.5, 0.6) is 0 Å². The summed E-state index contributed by atoms with van der Waals surface area (Å²) in [6.45, 7) is 9.70. The number of imide groups is 1. The van der Waals surface area contributed by atoms with E-state index in [1.807, 2.05) is 34.0 Å². The quantitative estimate of drug-likeness (QED) is 0.740. The third-order valence-corrected chi connectivity index (χ3v) is 3.11. The number of rotatable bonds is 4. The first kappa shape index (κ1) is 19.5. The third-order valence-electron chi connectivity index (χ3n) is 2.17. The lowest BCUT2D eigenvalue weighted by Crippen LogP contribution is -2.33.